The van der Waals surface area contributed by atoms with Crippen LogP contribution in [0.3, 0.4) is 0 Å². The number of hydrogen-bond acceptors (Lipinski definition) is 15. The monoisotopic (exact) mass is 645 g/mol. The summed E-state index contributed by atoms with van der Waals surface area (Å²) >= 11 is 0. The van der Waals surface area contributed by atoms with Gasteiger partial charge >= 0.3 is 0 Å². The SMILES string of the molecule is CN[C@@H]1[C@@H](O)[C@@H](O[C@@H]2[C@@H](O)[C@H](O[C@H]3OC(CNCC4CCNCC4)=CC[C@H]3N)[C@@H](N)C[C@H]2NC(=O)[C@H](O)CCN)OC[C@]1(C)O. The Bertz CT molecular complexity index is 972. The highest BCUT2D eigenvalue weighted by molar-refractivity contribution is 5.80. The molecule has 12 atom stereocenters. The largest absolute Gasteiger partial charge is 0.467 e. The maximum atomic E-state index is 12.8. The average Bonchev–Trinajstić information content (AvgIpc) is 3.00. The van der Waals surface area contributed by atoms with Crippen molar-refractivity contribution in [1.29, 1.82) is 0 Å². The first-order valence-electron chi connectivity index (χ1n) is 16.1. The molecule has 3 fully saturated rings. The van der Waals surface area contributed by atoms with Crippen molar-refractivity contribution in [1.82, 2.24) is 21.3 Å². The summed E-state index contributed by atoms with van der Waals surface area (Å²) in [4.78, 5) is 12.8. The van der Waals surface area contributed by atoms with E-state index in [1.807, 2.05) is 6.08 Å². The van der Waals surface area contributed by atoms with Crippen LogP contribution in [0, 0.1) is 5.92 Å². The van der Waals surface area contributed by atoms with Gasteiger partial charge in [-0.05, 0) is 84.2 Å². The second-order valence-electron chi connectivity index (χ2n) is 13.0. The lowest BCUT2D eigenvalue weighted by atomic mass is 9.83. The second kappa shape index (κ2) is 16.5. The van der Waals surface area contributed by atoms with Gasteiger partial charge in [-0.1, -0.05) is 0 Å². The van der Waals surface area contributed by atoms with Gasteiger partial charge in [-0.3, -0.25) is 4.79 Å². The molecule has 0 spiro atoms. The Balaban J connectivity index is 1.44. The third kappa shape index (κ3) is 9.31. The predicted octanol–water partition coefficient (Wildman–Crippen LogP) is -4.35. The van der Waals surface area contributed by atoms with E-state index in [0.717, 1.165) is 32.5 Å². The van der Waals surface area contributed by atoms with Crippen molar-refractivity contribution in [3.63, 3.8) is 0 Å². The minimum Gasteiger partial charge on any atom is -0.467 e. The third-order valence-electron chi connectivity index (χ3n) is 9.24. The molecule has 4 rings (SSSR count). The van der Waals surface area contributed by atoms with Crippen molar-refractivity contribution in [2.75, 3.05) is 46.4 Å². The molecule has 14 N–H and O–H groups in total. The lowest BCUT2D eigenvalue weighted by molar-refractivity contribution is -0.304. The van der Waals surface area contributed by atoms with Crippen molar-refractivity contribution in [2.24, 2.45) is 23.1 Å². The molecule has 1 amide bonds. The Morgan fingerprint density at radius 2 is 1.87 bits per heavy atom. The highest BCUT2D eigenvalue weighted by Crippen LogP contribution is 2.32. The number of amides is 1. The molecule has 0 aromatic rings. The highest BCUT2D eigenvalue weighted by Gasteiger charge is 2.52. The first kappa shape index (κ1) is 36.3. The molecule has 0 bridgehead atoms. The second-order valence-corrected chi connectivity index (χ2v) is 13.0. The summed E-state index contributed by atoms with van der Waals surface area (Å²) < 4.78 is 24.2. The molecule has 3 heterocycles. The average molecular weight is 646 g/mol. The van der Waals surface area contributed by atoms with E-state index in [2.05, 4.69) is 21.3 Å². The van der Waals surface area contributed by atoms with Gasteiger partial charge in [0.1, 0.15) is 41.9 Å². The zero-order chi connectivity index (χ0) is 32.7. The van der Waals surface area contributed by atoms with Crippen LogP contribution in [0.5, 0.6) is 0 Å². The normalized spacial score (nSPS) is 40.3. The van der Waals surface area contributed by atoms with Crippen LogP contribution >= 0.6 is 0 Å². The Morgan fingerprint density at radius 1 is 1.16 bits per heavy atom. The number of hydrogen-bond donors (Lipinski definition) is 11. The molecule has 0 aromatic carbocycles. The fourth-order valence-electron chi connectivity index (χ4n) is 6.57. The van der Waals surface area contributed by atoms with Gasteiger partial charge in [0.2, 0.25) is 12.2 Å². The molecular formula is C29H55N7O9. The number of aliphatic hydroxyl groups is 4. The molecule has 0 unspecified atom stereocenters. The first-order chi connectivity index (χ1) is 21.4. The van der Waals surface area contributed by atoms with Gasteiger partial charge in [0.05, 0.1) is 31.3 Å². The lowest BCUT2D eigenvalue weighted by Gasteiger charge is -2.49. The number of carbonyl (C=O) groups is 1. The predicted molar refractivity (Wildman–Crippen MR) is 163 cm³/mol. The maximum absolute atomic E-state index is 12.8. The molecule has 0 radical (unpaired) electrons. The number of likely N-dealkylation sites (N-methyl/N-ethyl adjacent to an activating group) is 1. The molecule has 16 heteroatoms. The summed E-state index contributed by atoms with van der Waals surface area (Å²) in [6, 6.07) is -3.02. The van der Waals surface area contributed by atoms with Gasteiger partial charge in [0.25, 0.3) is 0 Å². The van der Waals surface area contributed by atoms with E-state index in [0.29, 0.717) is 24.6 Å². The summed E-state index contributed by atoms with van der Waals surface area (Å²) in [7, 11) is 1.59. The zero-order valence-electron chi connectivity index (χ0n) is 26.3. The van der Waals surface area contributed by atoms with Crippen molar-refractivity contribution in [2.45, 2.75) is 112 Å². The molecular weight excluding hydrogens is 590 g/mol. The van der Waals surface area contributed by atoms with Crippen molar-refractivity contribution in [3.8, 4) is 0 Å². The van der Waals surface area contributed by atoms with Crippen molar-refractivity contribution < 1.29 is 44.2 Å². The van der Waals surface area contributed by atoms with E-state index in [9.17, 15) is 25.2 Å². The van der Waals surface area contributed by atoms with Crippen LogP contribution in [-0.2, 0) is 23.7 Å². The number of carbonyl (C=O) groups excluding carboxylic acids is 1. The molecule has 2 saturated heterocycles. The lowest BCUT2D eigenvalue weighted by Crippen LogP contribution is -2.69. The van der Waals surface area contributed by atoms with Crippen LogP contribution in [0.15, 0.2) is 11.8 Å². The quantitative estimate of drug-likeness (QED) is 0.0904. The molecule has 45 heavy (non-hydrogen) atoms. The van der Waals surface area contributed by atoms with E-state index in [4.69, 9.17) is 36.1 Å². The number of piperidine rings is 1. The van der Waals surface area contributed by atoms with Crippen LogP contribution in [0.4, 0.5) is 0 Å². The van der Waals surface area contributed by atoms with Crippen molar-refractivity contribution >= 4 is 5.91 Å². The molecule has 1 aliphatic carbocycles. The topological polar surface area (TPSA) is 261 Å². The zero-order valence-corrected chi connectivity index (χ0v) is 26.3. The fourth-order valence-corrected chi connectivity index (χ4v) is 6.57. The van der Waals surface area contributed by atoms with Crippen LogP contribution in [0.2, 0.25) is 0 Å². The molecule has 3 aliphatic heterocycles. The minimum atomic E-state index is -1.43. The molecule has 16 nitrogen and oxygen atoms in total. The van der Waals surface area contributed by atoms with Crippen LogP contribution in [0.1, 0.15) is 39.0 Å². The Morgan fingerprint density at radius 3 is 2.56 bits per heavy atom. The summed E-state index contributed by atoms with van der Waals surface area (Å²) in [5.74, 6) is 0.580. The minimum absolute atomic E-state index is 0.0350. The van der Waals surface area contributed by atoms with E-state index >= 15 is 0 Å². The van der Waals surface area contributed by atoms with Crippen LogP contribution in [-0.4, -0.2) is 146 Å². The molecule has 260 valence electrons. The highest BCUT2D eigenvalue weighted by atomic mass is 16.7. The smallest absolute Gasteiger partial charge is 0.249 e. The Hall–Kier alpha value is -1.51. The molecule has 1 saturated carbocycles. The standard InChI is InChI=1S/C29H55N7O9/c1-29(41)14-42-28(22(39)25(29)33-2)45-24-19(36-26(40)20(37)5-8-30)11-18(32)23(21(24)38)44-27-17(31)4-3-16(43-27)13-35-12-15-6-9-34-10-7-15/h3,15,17-25,27-28,33-35,37-39,41H,4-14,30-32H2,1-2H3,(H,36,40)/t17-,18+,19-,20-,21+,22-,23-,24+,25-,27-,28-,29+/m1/s1. The number of aliphatic hydroxyl groups excluding tert-OH is 3. The van der Waals surface area contributed by atoms with E-state index in [1.54, 1.807) is 7.05 Å². The summed E-state index contributed by atoms with van der Waals surface area (Å²) in [6.07, 6.45) is -3.75. The number of rotatable bonds is 13. The molecule has 4 aliphatic rings. The number of ether oxygens (including phenoxy) is 4. The number of nitrogens with two attached hydrogens (primary N) is 3. The summed E-state index contributed by atoms with van der Waals surface area (Å²) in [5, 5.41) is 55.9. The van der Waals surface area contributed by atoms with E-state index < -0.39 is 78.8 Å². The van der Waals surface area contributed by atoms with Gasteiger partial charge in [-0.15, -0.1) is 0 Å². The third-order valence-corrected chi connectivity index (χ3v) is 9.24. The first-order valence-corrected chi connectivity index (χ1v) is 16.1. The Labute approximate surface area is 264 Å². The van der Waals surface area contributed by atoms with Gasteiger partial charge in [-0.2, -0.15) is 0 Å². The Kier molecular flexibility index (Phi) is 13.4. The van der Waals surface area contributed by atoms with Gasteiger partial charge in [-0.25, -0.2) is 0 Å². The van der Waals surface area contributed by atoms with Gasteiger partial charge < -0.3 is 77.8 Å². The fraction of sp³-hybridized carbons (Fsp3) is 0.897. The van der Waals surface area contributed by atoms with E-state index in [1.165, 1.54) is 6.92 Å². The van der Waals surface area contributed by atoms with Crippen LogP contribution in [0.25, 0.3) is 0 Å². The van der Waals surface area contributed by atoms with Crippen molar-refractivity contribution in [3.05, 3.63) is 11.8 Å². The van der Waals surface area contributed by atoms with Gasteiger partial charge in [0, 0.05) is 6.04 Å². The van der Waals surface area contributed by atoms with Crippen LogP contribution < -0.4 is 38.5 Å². The summed E-state index contributed by atoms with van der Waals surface area (Å²) in [5.41, 5.74) is 17.0. The summed E-state index contributed by atoms with van der Waals surface area (Å²) in [6.45, 7) is 4.87. The number of nitrogens with one attached hydrogen (secondary N) is 4. The van der Waals surface area contributed by atoms with E-state index in [-0.39, 0.29) is 26.0 Å². The maximum Gasteiger partial charge on any atom is 0.249 e. The van der Waals surface area contributed by atoms with Gasteiger partial charge in [0.15, 0.2) is 6.29 Å². The molecule has 0 aromatic heterocycles.